The molecule has 0 aromatic carbocycles. The smallest absolute Gasteiger partial charge is 0.163 e. The summed E-state index contributed by atoms with van der Waals surface area (Å²) < 4.78 is 25.3. The Morgan fingerprint density at radius 2 is 1.69 bits per heavy atom. The van der Waals surface area contributed by atoms with Crippen LogP contribution in [0, 0.1) is 34.5 Å². The molecule has 0 aromatic heterocycles. The zero-order valence-electron chi connectivity index (χ0n) is 18.1. The van der Waals surface area contributed by atoms with Crippen molar-refractivity contribution in [3.63, 3.8) is 0 Å². The lowest BCUT2D eigenvalue weighted by Gasteiger charge is -2.70. The Morgan fingerprint density at radius 1 is 0.966 bits per heavy atom. The van der Waals surface area contributed by atoms with Crippen LogP contribution in [0.25, 0.3) is 0 Å². The highest BCUT2D eigenvalue weighted by atomic mass is 16.8. The molecule has 1 spiro atoms. The zero-order valence-corrected chi connectivity index (χ0v) is 18.1. The van der Waals surface area contributed by atoms with E-state index in [-0.39, 0.29) is 53.4 Å². The van der Waals surface area contributed by atoms with Crippen LogP contribution in [0.2, 0.25) is 0 Å². The molecule has 2 N–H and O–H groups in total. The number of aliphatic hydroxyl groups is 2. The molecule has 6 heteroatoms. The minimum absolute atomic E-state index is 0.0217. The minimum atomic E-state index is -0.609. The fourth-order valence-electron chi connectivity index (χ4n) is 8.52. The van der Waals surface area contributed by atoms with Crippen molar-refractivity contribution < 1.29 is 29.2 Å². The van der Waals surface area contributed by atoms with E-state index in [1.807, 2.05) is 13.8 Å². The summed E-state index contributed by atoms with van der Waals surface area (Å²) in [6.45, 7) is 10.0. The van der Waals surface area contributed by atoms with Gasteiger partial charge in [0.05, 0.1) is 44.2 Å². The topological polar surface area (TPSA) is 80.7 Å². The number of hydrogen-bond donors (Lipinski definition) is 2. The first-order chi connectivity index (χ1) is 13.6. The summed E-state index contributed by atoms with van der Waals surface area (Å²) in [5.41, 5.74) is -0.671. The fraction of sp³-hybridized carbons (Fsp3) is 1.00. The molecule has 29 heavy (non-hydrogen) atoms. The lowest BCUT2D eigenvalue weighted by atomic mass is 9.39. The molecule has 2 bridgehead atoms. The Bertz CT molecular complexity index is 701. The van der Waals surface area contributed by atoms with Gasteiger partial charge < -0.3 is 29.2 Å². The molecule has 7 fully saturated rings. The second kappa shape index (κ2) is 5.76. The Labute approximate surface area is 173 Å². The highest BCUT2D eigenvalue weighted by molar-refractivity contribution is 5.21. The van der Waals surface area contributed by atoms with Gasteiger partial charge in [0.15, 0.2) is 5.79 Å². The SMILES string of the molecule is CC1(C)O[C@@H]2[C@@H]3C[C@H]([C@]4(CO)CO4)CC[C@H]3[C@]34CO[C@H](C[C@H]3O)C(C)(C)[C@H]4[C@@H]2O1. The van der Waals surface area contributed by atoms with Crippen LogP contribution in [-0.2, 0) is 18.9 Å². The number of aliphatic hydroxyl groups excluding tert-OH is 2. The van der Waals surface area contributed by atoms with Crippen molar-refractivity contribution >= 4 is 0 Å². The van der Waals surface area contributed by atoms with E-state index in [2.05, 4.69) is 13.8 Å². The van der Waals surface area contributed by atoms with E-state index < -0.39 is 5.79 Å². The Balaban J connectivity index is 1.44. The van der Waals surface area contributed by atoms with Crippen LogP contribution >= 0.6 is 0 Å². The van der Waals surface area contributed by atoms with Crippen molar-refractivity contribution in [3.05, 3.63) is 0 Å². The highest BCUT2D eigenvalue weighted by Gasteiger charge is 2.75. The van der Waals surface area contributed by atoms with Crippen LogP contribution in [0.3, 0.4) is 0 Å². The third-order valence-corrected chi connectivity index (χ3v) is 9.83. The first-order valence-corrected chi connectivity index (χ1v) is 11.5. The summed E-state index contributed by atoms with van der Waals surface area (Å²) in [6, 6.07) is 0. The molecule has 4 heterocycles. The second-order valence-electron chi connectivity index (χ2n) is 11.8. The third kappa shape index (κ3) is 2.34. The van der Waals surface area contributed by atoms with E-state index in [4.69, 9.17) is 18.9 Å². The Morgan fingerprint density at radius 3 is 2.34 bits per heavy atom. The van der Waals surface area contributed by atoms with Crippen LogP contribution in [0.5, 0.6) is 0 Å². The monoisotopic (exact) mass is 408 g/mol. The predicted molar refractivity (Wildman–Crippen MR) is 104 cm³/mol. The van der Waals surface area contributed by atoms with E-state index in [0.717, 1.165) is 25.7 Å². The van der Waals surface area contributed by atoms with Gasteiger partial charge in [-0.05, 0) is 56.3 Å². The number of epoxide rings is 1. The molecular formula is C23H36O6. The molecule has 0 unspecified atom stereocenters. The van der Waals surface area contributed by atoms with E-state index >= 15 is 0 Å². The maximum Gasteiger partial charge on any atom is 0.163 e. The van der Waals surface area contributed by atoms with Crippen LogP contribution < -0.4 is 0 Å². The van der Waals surface area contributed by atoms with Gasteiger partial charge in [0.25, 0.3) is 0 Å². The molecule has 3 saturated carbocycles. The van der Waals surface area contributed by atoms with Gasteiger partial charge in [-0.15, -0.1) is 0 Å². The molecule has 4 saturated heterocycles. The van der Waals surface area contributed by atoms with Gasteiger partial charge in [-0.25, -0.2) is 0 Å². The maximum absolute atomic E-state index is 11.4. The number of fused-ring (bicyclic) bond motifs is 5. The summed E-state index contributed by atoms with van der Waals surface area (Å²) in [7, 11) is 0. The fourth-order valence-corrected chi connectivity index (χ4v) is 8.52. The Hall–Kier alpha value is -0.240. The maximum atomic E-state index is 11.4. The van der Waals surface area contributed by atoms with E-state index in [1.54, 1.807) is 0 Å². The molecule has 3 aliphatic carbocycles. The first kappa shape index (κ1) is 19.4. The average molecular weight is 409 g/mol. The largest absolute Gasteiger partial charge is 0.393 e. The van der Waals surface area contributed by atoms with Crippen molar-refractivity contribution in [1.82, 2.24) is 0 Å². The summed E-state index contributed by atoms with van der Waals surface area (Å²) in [5.74, 6) is 0.620. The third-order valence-electron chi connectivity index (χ3n) is 9.83. The molecule has 6 nitrogen and oxygen atoms in total. The highest BCUT2D eigenvalue weighted by Crippen LogP contribution is 2.70. The van der Waals surface area contributed by atoms with Crippen LogP contribution in [-0.4, -0.2) is 65.8 Å². The van der Waals surface area contributed by atoms with E-state index in [0.29, 0.717) is 31.0 Å². The lowest BCUT2D eigenvalue weighted by molar-refractivity contribution is -0.331. The molecule has 0 aromatic rings. The van der Waals surface area contributed by atoms with Crippen molar-refractivity contribution in [2.24, 2.45) is 34.5 Å². The van der Waals surface area contributed by atoms with Crippen LogP contribution in [0.4, 0.5) is 0 Å². The van der Waals surface area contributed by atoms with Gasteiger partial charge in [-0.2, -0.15) is 0 Å². The number of ether oxygens (including phenoxy) is 4. The lowest BCUT2D eigenvalue weighted by Crippen LogP contribution is -2.75. The van der Waals surface area contributed by atoms with E-state index in [1.165, 1.54) is 0 Å². The summed E-state index contributed by atoms with van der Waals surface area (Å²) >= 11 is 0. The quantitative estimate of drug-likeness (QED) is 0.681. The van der Waals surface area contributed by atoms with Gasteiger partial charge in [0.1, 0.15) is 5.60 Å². The number of hydrogen-bond acceptors (Lipinski definition) is 6. The Kier molecular flexibility index (Phi) is 3.86. The summed E-state index contributed by atoms with van der Waals surface area (Å²) in [5, 5.41) is 21.4. The molecule has 10 atom stereocenters. The molecule has 0 radical (unpaired) electrons. The molecule has 7 rings (SSSR count). The van der Waals surface area contributed by atoms with Gasteiger partial charge >= 0.3 is 0 Å². The van der Waals surface area contributed by atoms with Crippen LogP contribution in [0.15, 0.2) is 0 Å². The average Bonchev–Trinajstić information content (AvgIpc) is 3.40. The van der Waals surface area contributed by atoms with Crippen molar-refractivity contribution in [2.75, 3.05) is 19.8 Å². The van der Waals surface area contributed by atoms with Crippen molar-refractivity contribution in [2.45, 2.75) is 89.2 Å². The molecule has 7 aliphatic rings. The first-order valence-electron chi connectivity index (χ1n) is 11.5. The molecular weight excluding hydrogens is 372 g/mol. The summed E-state index contributed by atoms with van der Waals surface area (Å²) in [4.78, 5) is 0. The van der Waals surface area contributed by atoms with E-state index in [9.17, 15) is 10.2 Å². The predicted octanol–water partition coefficient (Wildman–Crippen LogP) is 2.11. The van der Waals surface area contributed by atoms with Gasteiger partial charge in [0.2, 0.25) is 0 Å². The van der Waals surface area contributed by atoms with Crippen LogP contribution in [0.1, 0.15) is 53.4 Å². The minimum Gasteiger partial charge on any atom is -0.393 e. The van der Waals surface area contributed by atoms with Gasteiger partial charge in [-0.1, -0.05) is 13.8 Å². The summed E-state index contributed by atoms with van der Waals surface area (Å²) in [6.07, 6.45) is 3.50. The normalized spacial score (nSPS) is 59.0. The van der Waals surface area contributed by atoms with Crippen molar-refractivity contribution in [1.29, 1.82) is 0 Å². The van der Waals surface area contributed by atoms with Crippen molar-refractivity contribution in [3.8, 4) is 0 Å². The van der Waals surface area contributed by atoms with Gasteiger partial charge in [0, 0.05) is 17.8 Å². The number of rotatable bonds is 2. The van der Waals surface area contributed by atoms with Gasteiger partial charge in [-0.3, -0.25) is 0 Å². The standard InChI is InChI=1S/C23H36O6/c1-20(2)16-8-15(25)23(11-26-16)14-6-5-12(22(9-24)10-27-22)7-13(14)17-18(19(20)23)29-21(3,4)28-17/h12-19,24-25H,5-11H2,1-4H3/t12-,13-,14-,15-,16-,17-,18-,19-,22+,23-/m1/s1. The zero-order chi connectivity index (χ0) is 20.4. The molecule has 164 valence electrons. The molecule has 0 amide bonds. The molecule has 4 aliphatic heterocycles. The second-order valence-corrected chi connectivity index (χ2v) is 11.8.